The standard InChI is InChI=1S/C54H50BBrN2/c1-31-19-32(2)22-41(21-31)57(39-15-11-37(55)12-16-39)43-25-35(5)51-45-29-48-46(30-47(45)53(7,8)49(51)27-43)52-36(6)26-44(28-50(52)54(48,9)10)58(40-17-13-38(56)14-18-40)42-23-33(3)20-34(4)24-42/h11-30H,1-10H3. The van der Waals surface area contributed by atoms with Crippen LogP contribution in [0.1, 0.15) is 83.3 Å². The maximum Gasteiger partial charge on any atom is 0.113 e. The van der Waals surface area contributed by atoms with Crippen molar-refractivity contribution in [3.05, 3.63) is 181 Å². The van der Waals surface area contributed by atoms with Crippen molar-refractivity contribution in [1.82, 2.24) is 0 Å². The molecule has 0 bridgehead atoms. The van der Waals surface area contributed by atoms with E-state index < -0.39 is 0 Å². The summed E-state index contributed by atoms with van der Waals surface area (Å²) >= 11 is 3.67. The predicted molar refractivity (Wildman–Crippen MR) is 252 cm³/mol. The summed E-state index contributed by atoms with van der Waals surface area (Å²) in [6.07, 6.45) is 0. The third-order valence-electron chi connectivity index (χ3n) is 12.7. The summed E-state index contributed by atoms with van der Waals surface area (Å²) in [5.41, 5.74) is 25.8. The van der Waals surface area contributed by atoms with Crippen LogP contribution in [0.25, 0.3) is 22.3 Å². The van der Waals surface area contributed by atoms with E-state index in [0.717, 1.165) is 32.7 Å². The monoisotopic (exact) mass is 816 g/mol. The smallest absolute Gasteiger partial charge is 0.113 e. The molecule has 2 radical (unpaired) electrons. The Morgan fingerprint density at radius 1 is 0.397 bits per heavy atom. The molecule has 0 heterocycles. The van der Waals surface area contributed by atoms with Crippen LogP contribution < -0.4 is 15.3 Å². The van der Waals surface area contributed by atoms with Crippen LogP contribution >= 0.6 is 15.9 Å². The van der Waals surface area contributed by atoms with Crippen molar-refractivity contribution in [2.45, 2.75) is 80.1 Å². The average Bonchev–Trinajstić information content (AvgIpc) is 3.51. The molecule has 58 heavy (non-hydrogen) atoms. The van der Waals surface area contributed by atoms with Gasteiger partial charge in [-0.2, -0.15) is 0 Å². The van der Waals surface area contributed by atoms with E-state index in [-0.39, 0.29) is 10.8 Å². The molecule has 0 aliphatic heterocycles. The first-order valence-corrected chi connectivity index (χ1v) is 21.2. The lowest BCUT2D eigenvalue weighted by atomic mass is 9.79. The van der Waals surface area contributed by atoms with Gasteiger partial charge in [-0.3, -0.25) is 0 Å². The molecule has 2 nitrogen and oxygen atoms in total. The van der Waals surface area contributed by atoms with Crippen LogP contribution in [-0.2, 0) is 10.8 Å². The Balaban J connectivity index is 1.19. The van der Waals surface area contributed by atoms with Gasteiger partial charge < -0.3 is 9.80 Å². The van der Waals surface area contributed by atoms with Crippen molar-refractivity contribution in [3.8, 4) is 22.3 Å². The Morgan fingerprint density at radius 3 is 1.12 bits per heavy atom. The van der Waals surface area contributed by atoms with Crippen LogP contribution in [-0.4, -0.2) is 7.85 Å². The van der Waals surface area contributed by atoms with Crippen molar-refractivity contribution < 1.29 is 0 Å². The summed E-state index contributed by atoms with van der Waals surface area (Å²) in [6, 6.07) is 45.4. The Morgan fingerprint density at radius 2 is 0.741 bits per heavy atom. The number of nitrogens with zero attached hydrogens (tertiary/aromatic N) is 2. The molecule has 0 N–H and O–H groups in total. The van der Waals surface area contributed by atoms with E-state index in [9.17, 15) is 0 Å². The van der Waals surface area contributed by atoms with Crippen molar-refractivity contribution in [2.24, 2.45) is 0 Å². The summed E-state index contributed by atoms with van der Waals surface area (Å²) in [7, 11) is 6.19. The number of benzene rings is 7. The number of hydrogen-bond acceptors (Lipinski definition) is 2. The SMILES string of the molecule is [B]c1ccc(N(c2cc(C)cc(C)c2)c2cc(C)c3c(c2)C(C)(C)c2cc4c(cc2-3)C(C)(C)c2cc(N(c3ccc(Br)cc3)c3cc(C)cc(C)c3)cc(C)c2-4)cc1. The second-order valence-corrected chi connectivity index (χ2v) is 18.9. The van der Waals surface area contributed by atoms with Crippen LogP contribution in [0.5, 0.6) is 0 Å². The van der Waals surface area contributed by atoms with Crippen LogP contribution in [0.15, 0.2) is 126 Å². The van der Waals surface area contributed by atoms with E-state index in [1.807, 2.05) is 12.1 Å². The third kappa shape index (κ3) is 6.15. The summed E-state index contributed by atoms with van der Waals surface area (Å²) in [5.74, 6) is 0. The fourth-order valence-electron chi connectivity index (χ4n) is 10.1. The predicted octanol–water partition coefficient (Wildman–Crippen LogP) is 14.6. The summed E-state index contributed by atoms with van der Waals surface area (Å²) in [5, 5.41) is 0. The molecular weight excluding hydrogens is 767 g/mol. The molecule has 0 saturated heterocycles. The molecule has 0 aromatic heterocycles. The maximum atomic E-state index is 6.19. The summed E-state index contributed by atoms with van der Waals surface area (Å²) < 4.78 is 1.07. The van der Waals surface area contributed by atoms with Gasteiger partial charge in [0.05, 0.1) is 0 Å². The van der Waals surface area contributed by atoms with E-state index in [0.29, 0.717) is 0 Å². The quantitative estimate of drug-likeness (QED) is 0.154. The molecule has 4 heteroatoms. The van der Waals surface area contributed by atoms with E-state index in [2.05, 4.69) is 204 Å². The zero-order valence-electron chi connectivity index (χ0n) is 35.4. The van der Waals surface area contributed by atoms with E-state index in [4.69, 9.17) is 7.85 Å². The van der Waals surface area contributed by atoms with Crippen molar-refractivity contribution >= 4 is 63.4 Å². The molecule has 0 unspecified atom stereocenters. The number of anilines is 6. The maximum absolute atomic E-state index is 6.19. The highest BCUT2D eigenvalue weighted by Gasteiger charge is 2.43. The third-order valence-corrected chi connectivity index (χ3v) is 13.2. The lowest BCUT2D eigenvalue weighted by Gasteiger charge is -2.29. The molecule has 0 atom stereocenters. The highest BCUT2D eigenvalue weighted by Crippen LogP contribution is 2.59. The van der Waals surface area contributed by atoms with Crippen LogP contribution in [0.3, 0.4) is 0 Å². The number of rotatable bonds is 6. The molecule has 7 aromatic rings. The Bertz CT molecular complexity index is 2580. The molecule has 0 spiro atoms. The largest absolute Gasteiger partial charge is 0.310 e. The second-order valence-electron chi connectivity index (χ2n) is 18.0. The lowest BCUT2D eigenvalue weighted by Crippen LogP contribution is -2.18. The fourth-order valence-corrected chi connectivity index (χ4v) is 10.4. The number of hydrogen-bond donors (Lipinski definition) is 0. The first kappa shape index (κ1) is 38.2. The molecule has 2 aliphatic carbocycles. The van der Waals surface area contributed by atoms with Gasteiger partial charge in [0.1, 0.15) is 7.85 Å². The van der Waals surface area contributed by atoms with E-state index in [1.54, 1.807) is 0 Å². The molecule has 0 saturated carbocycles. The Kier molecular flexibility index (Phi) is 8.98. The first-order chi connectivity index (χ1) is 27.5. The molecule has 7 aromatic carbocycles. The summed E-state index contributed by atoms with van der Waals surface area (Å²) in [4.78, 5) is 4.81. The Hall–Kier alpha value is -5.32. The minimum atomic E-state index is -0.210. The number of fused-ring (bicyclic) bond motifs is 6. The highest BCUT2D eigenvalue weighted by molar-refractivity contribution is 9.10. The normalized spacial score (nSPS) is 14.1. The van der Waals surface area contributed by atoms with Gasteiger partial charge in [-0.15, -0.1) is 0 Å². The van der Waals surface area contributed by atoms with Crippen LogP contribution in [0.2, 0.25) is 0 Å². The molecule has 286 valence electrons. The highest BCUT2D eigenvalue weighted by atomic mass is 79.9. The zero-order chi connectivity index (χ0) is 41.0. The second kappa shape index (κ2) is 13.6. The number of aryl methyl sites for hydroxylation is 6. The van der Waals surface area contributed by atoms with Crippen LogP contribution in [0.4, 0.5) is 34.1 Å². The van der Waals surface area contributed by atoms with Crippen molar-refractivity contribution in [2.75, 3.05) is 9.80 Å². The van der Waals surface area contributed by atoms with Crippen LogP contribution in [0, 0.1) is 41.5 Å². The first-order valence-electron chi connectivity index (χ1n) is 20.4. The number of halogens is 1. The minimum Gasteiger partial charge on any atom is -0.310 e. The van der Waals surface area contributed by atoms with Gasteiger partial charge in [-0.05, 0) is 216 Å². The molecule has 2 aliphatic rings. The molecular formula is C54H50BBrN2. The van der Waals surface area contributed by atoms with E-state index in [1.165, 1.54) is 89.3 Å². The minimum absolute atomic E-state index is 0.204. The fraction of sp³-hybridized carbons (Fsp3) is 0.222. The van der Waals surface area contributed by atoms with Gasteiger partial charge in [0.2, 0.25) is 0 Å². The lowest BCUT2D eigenvalue weighted by molar-refractivity contribution is 0.652. The van der Waals surface area contributed by atoms with Gasteiger partial charge in [0, 0.05) is 49.4 Å². The zero-order valence-corrected chi connectivity index (χ0v) is 37.0. The Labute approximate surface area is 355 Å². The van der Waals surface area contributed by atoms with Gasteiger partial charge in [-0.25, -0.2) is 0 Å². The topological polar surface area (TPSA) is 6.48 Å². The van der Waals surface area contributed by atoms with Crippen molar-refractivity contribution in [3.63, 3.8) is 0 Å². The average molecular weight is 818 g/mol. The van der Waals surface area contributed by atoms with Gasteiger partial charge in [0.25, 0.3) is 0 Å². The molecule has 0 fully saturated rings. The van der Waals surface area contributed by atoms with Crippen molar-refractivity contribution in [1.29, 1.82) is 0 Å². The van der Waals surface area contributed by atoms with Gasteiger partial charge >= 0.3 is 0 Å². The molecule has 0 amide bonds. The van der Waals surface area contributed by atoms with Gasteiger partial charge in [-0.1, -0.05) is 73.4 Å². The summed E-state index contributed by atoms with van der Waals surface area (Å²) in [6.45, 7) is 23.0. The van der Waals surface area contributed by atoms with E-state index >= 15 is 0 Å². The molecule has 9 rings (SSSR count). The van der Waals surface area contributed by atoms with Gasteiger partial charge in [0.15, 0.2) is 0 Å².